The predicted octanol–water partition coefficient (Wildman–Crippen LogP) is 6.00. The van der Waals surface area contributed by atoms with Gasteiger partial charge in [0.2, 0.25) is 17.7 Å². The summed E-state index contributed by atoms with van der Waals surface area (Å²) in [5.74, 6) is -0.952. The average molecular weight is 700 g/mol. The number of aromatic nitrogens is 1. The molecule has 272 valence electrons. The molecule has 1 saturated heterocycles. The number of aliphatic hydroxyl groups is 1. The van der Waals surface area contributed by atoms with E-state index in [4.69, 9.17) is 4.74 Å². The third-order valence-corrected chi connectivity index (χ3v) is 9.65. The molecule has 3 N–H and O–H groups in total. The van der Waals surface area contributed by atoms with Crippen LogP contribution in [0.4, 0.5) is 4.79 Å². The molecule has 1 aliphatic rings. The van der Waals surface area contributed by atoms with Gasteiger partial charge in [-0.25, -0.2) is 9.78 Å². The minimum absolute atomic E-state index is 0.0225. The first kappa shape index (κ1) is 39.9. The highest BCUT2D eigenvalue weighted by molar-refractivity contribution is 7.13. The summed E-state index contributed by atoms with van der Waals surface area (Å²) in [4.78, 5) is 61.4. The van der Waals surface area contributed by atoms with Crippen molar-refractivity contribution in [1.82, 2.24) is 25.4 Å². The molecule has 3 rings (SSSR count). The molecular weight excluding hydrogens is 643 g/mol. The molecule has 4 atom stereocenters. The Labute approximate surface area is 296 Å². The maximum absolute atomic E-state index is 13.9. The topological polar surface area (TPSA) is 141 Å². The summed E-state index contributed by atoms with van der Waals surface area (Å²) in [6.07, 6.45) is 2.33. The van der Waals surface area contributed by atoms with Gasteiger partial charge < -0.3 is 30.3 Å². The summed E-state index contributed by atoms with van der Waals surface area (Å²) in [6.45, 7) is 18.1. The van der Waals surface area contributed by atoms with E-state index >= 15 is 0 Å². The second-order valence-corrected chi connectivity index (χ2v) is 16.0. The zero-order chi connectivity index (χ0) is 36.5. The van der Waals surface area contributed by atoms with Crippen LogP contribution in [-0.4, -0.2) is 87.1 Å². The SMILES string of the molecule is CCN(CCCCCCC(=O)N[C@H](C(=O)N1C[C@H](O)C[C@H]1C(=O)N[C@@H](C)c1ccc(-c2scnc2C)cc1)C(C)(C)C)C(=O)OC(C)(C)C. The van der Waals surface area contributed by atoms with E-state index in [9.17, 15) is 24.3 Å². The molecule has 2 heterocycles. The van der Waals surface area contributed by atoms with Crippen LogP contribution in [0.2, 0.25) is 0 Å². The Bertz CT molecular complexity index is 1410. The second-order valence-electron chi connectivity index (χ2n) is 15.1. The van der Waals surface area contributed by atoms with Crippen molar-refractivity contribution in [3.63, 3.8) is 0 Å². The Morgan fingerprint density at radius 3 is 2.27 bits per heavy atom. The van der Waals surface area contributed by atoms with Gasteiger partial charge in [0, 0.05) is 32.5 Å². The third kappa shape index (κ3) is 11.8. The van der Waals surface area contributed by atoms with Crippen molar-refractivity contribution in [2.75, 3.05) is 19.6 Å². The monoisotopic (exact) mass is 699 g/mol. The maximum atomic E-state index is 13.9. The van der Waals surface area contributed by atoms with Crippen LogP contribution >= 0.6 is 11.3 Å². The van der Waals surface area contributed by atoms with Crippen LogP contribution in [0, 0.1) is 12.3 Å². The van der Waals surface area contributed by atoms with E-state index in [0.717, 1.165) is 41.0 Å². The molecule has 2 aromatic rings. The number of nitrogens with zero attached hydrogens (tertiary/aromatic N) is 3. The molecule has 0 saturated carbocycles. The van der Waals surface area contributed by atoms with Crippen LogP contribution in [0.3, 0.4) is 0 Å². The van der Waals surface area contributed by atoms with E-state index < -0.39 is 29.2 Å². The van der Waals surface area contributed by atoms with Crippen LogP contribution in [-0.2, 0) is 19.1 Å². The minimum Gasteiger partial charge on any atom is -0.444 e. The number of benzene rings is 1. The standard InChI is InChI=1S/C37H57N5O6S/c1-10-41(35(47)48-37(7,8)9)20-14-12-11-13-15-30(44)40-32(36(4,5)6)34(46)42-22-28(43)21-29(42)33(45)39-24(2)26-16-18-27(19-17-26)31-25(3)38-23-49-31/h16-19,23-24,28-29,32,43H,10-15,20-22H2,1-9H3,(H,39,45)(H,40,44)/t24-,28+,29-,32+/m0/s1. The van der Waals surface area contributed by atoms with Gasteiger partial charge in [-0.1, -0.05) is 57.9 Å². The van der Waals surface area contributed by atoms with Crippen LogP contribution in [0.15, 0.2) is 29.8 Å². The summed E-state index contributed by atoms with van der Waals surface area (Å²) in [7, 11) is 0. The molecule has 1 aliphatic heterocycles. The van der Waals surface area contributed by atoms with E-state index in [-0.39, 0.29) is 49.2 Å². The smallest absolute Gasteiger partial charge is 0.410 e. The van der Waals surface area contributed by atoms with E-state index in [1.165, 1.54) is 4.90 Å². The number of carbonyl (C=O) groups is 4. The Kier molecular flexibility index (Phi) is 14.2. The van der Waals surface area contributed by atoms with Crippen molar-refractivity contribution in [3.8, 4) is 10.4 Å². The molecule has 49 heavy (non-hydrogen) atoms. The number of likely N-dealkylation sites (tertiary alicyclic amines) is 1. The van der Waals surface area contributed by atoms with Crippen LogP contribution in [0.5, 0.6) is 0 Å². The van der Waals surface area contributed by atoms with Gasteiger partial charge in [-0.05, 0) is 70.9 Å². The van der Waals surface area contributed by atoms with Gasteiger partial charge in [0.15, 0.2) is 0 Å². The first-order valence-electron chi connectivity index (χ1n) is 17.5. The fourth-order valence-electron chi connectivity index (χ4n) is 5.90. The first-order valence-corrected chi connectivity index (χ1v) is 18.4. The molecule has 11 nitrogen and oxygen atoms in total. The summed E-state index contributed by atoms with van der Waals surface area (Å²) in [5, 5.41) is 16.5. The molecule has 12 heteroatoms. The highest BCUT2D eigenvalue weighted by atomic mass is 32.1. The van der Waals surface area contributed by atoms with Crippen molar-refractivity contribution in [2.24, 2.45) is 5.41 Å². The van der Waals surface area contributed by atoms with Gasteiger partial charge in [-0.2, -0.15) is 0 Å². The molecule has 0 radical (unpaired) electrons. The fraction of sp³-hybridized carbons (Fsp3) is 0.649. The number of ether oxygens (including phenoxy) is 1. The lowest BCUT2D eigenvalue weighted by Gasteiger charge is -2.35. The van der Waals surface area contributed by atoms with Crippen molar-refractivity contribution in [1.29, 1.82) is 0 Å². The first-order chi connectivity index (χ1) is 22.9. The maximum Gasteiger partial charge on any atom is 0.410 e. The van der Waals surface area contributed by atoms with Crippen molar-refractivity contribution < 1.29 is 29.0 Å². The fourth-order valence-corrected chi connectivity index (χ4v) is 6.71. The molecule has 1 fully saturated rings. The molecule has 1 aromatic heterocycles. The molecular formula is C37H57N5O6S. The summed E-state index contributed by atoms with van der Waals surface area (Å²) in [6, 6.07) is 5.93. The van der Waals surface area contributed by atoms with E-state index in [1.807, 2.05) is 92.1 Å². The number of hydrogen-bond donors (Lipinski definition) is 3. The number of thiazole rings is 1. The number of nitrogens with one attached hydrogen (secondary N) is 2. The van der Waals surface area contributed by atoms with E-state index in [0.29, 0.717) is 19.5 Å². The highest BCUT2D eigenvalue weighted by Crippen LogP contribution is 2.29. The minimum atomic E-state index is -0.868. The number of aryl methyl sites for hydroxylation is 1. The van der Waals surface area contributed by atoms with Crippen LogP contribution < -0.4 is 10.6 Å². The normalized spacial score (nSPS) is 17.7. The summed E-state index contributed by atoms with van der Waals surface area (Å²) >= 11 is 1.58. The molecule has 0 bridgehead atoms. The van der Waals surface area contributed by atoms with Crippen molar-refractivity contribution >= 4 is 35.2 Å². The number of β-amino-alcohol motifs (C(OH)–C–C–N with tert-alkyl or cyclic N) is 1. The van der Waals surface area contributed by atoms with Gasteiger partial charge in [-0.3, -0.25) is 14.4 Å². The number of unbranched alkanes of at least 4 members (excludes halogenated alkanes) is 3. The lowest BCUT2D eigenvalue weighted by atomic mass is 9.85. The molecule has 0 aliphatic carbocycles. The Morgan fingerprint density at radius 1 is 1.04 bits per heavy atom. The molecule has 0 unspecified atom stereocenters. The van der Waals surface area contributed by atoms with Gasteiger partial charge in [-0.15, -0.1) is 11.3 Å². The largest absolute Gasteiger partial charge is 0.444 e. The van der Waals surface area contributed by atoms with Crippen LogP contribution in [0.25, 0.3) is 10.4 Å². The Balaban J connectivity index is 1.53. The van der Waals surface area contributed by atoms with Gasteiger partial charge in [0.25, 0.3) is 0 Å². The van der Waals surface area contributed by atoms with Gasteiger partial charge in [0.05, 0.1) is 28.2 Å². The third-order valence-electron chi connectivity index (χ3n) is 8.68. The quantitative estimate of drug-likeness (QED) is 0.206. The van der Waals surface area contributed by atoms with Gasteiger partial charge >= 0.3 is 6.09 Å². The zero-order valence-electron chi connectivity index (χ0n) is 30.8. The number of carbonyl (C=O) groups excluding carboxylic acids is 4. The average Bonchev–Trinajstić information content (AvgIpc) is 3.63. The number of amides is 4. The lowest BCUT2D eigenvalue weighted by Crippen LogP contribution is -2.57. The van der Waals surface area contributed by atoms with Gasteiger partial charge in [0.1, 0.15) is 17.7 Å². The van der Waals surface area contributed by atoms with Crippen LogP contribution in [0.1, 0.15) is 111 Å². The highest BCUT2D eigenvalue weighted by Gasteiger charge is 2.44. The predicted molar refractivity (Wildman–Crippen MR) is 193 cm³/mol. The Hall–Kier alpha value is -3.51. The summed E-state index contributed by atoms with van der Waals surface area (Å²) in [5.41, 5.74) is 3.60. The van der Waals surface area contributed by atoms with E-state index in [1.54, 1.807) is 16.2 Å². The zero-order valence-corrected chi connectivity index (χ0v) is 31.6. The van der Waals surface area contributed by atoms with Crippen molar-refractivity contribution in [3.05, 3.63) is 41.0 Å². The summed E-state index contributed by atoms with van der Waals surface area (Å²) < 4.78 is 5.46. The number of aliphatic hydroxyl groups excluding tert-OH is 1. The molecule has 1 aromatic carbocycles. The molecule has 4 amide bonds. The second kappa shape index (κ2) is 17.4. The lowest BCUT2D eigenvalue weighted by molar-refractivity contribution is -0.144. The number of rotatable bonds is 14. The number of hydrogen-bond acceptors (Lipinski definition) is 8. The Morgan fingerprint density at radius 2 is 1.69 bits per heavy atom. The van der Waals surface area contributed by atoms with Crippen molar-refractivity contribution in [2.45, 2.75) is 131 Å². The molecule has 0 spiro atoms. The van der Waals surface area contributed by atoms with E-state index in [2.05, 4.69) is 15.6 Å².